The van der Waals surface area contributed by atoms with Crippen molar-refractivity contribution in [1.82, 2.24) is 0 Å². The number of rotatable bonds is 6. The van der Waals surface area contributed by atoms with E-state index >= 15 is 0 Å². The molecule has 2 aromatic carbocycles. The fourth-order valence-corrected chi connectivity index (χ4v) is 3.23. The Bertz CT molecular complexity index is 850. The monoisotopic (exact) mass is 448 g/mol. The zero-order chi connectivity index (χ0) is 20.1. The standard InChI is InChI=1S/C20H21BrN2O5/c1-23(11-16-12-27-8-9-28-16)18-7-6-15(10-17(18)20(25)26)22-19(24)13-2-4-14(21)5-3-13/h2-7,10,16H,8-9,11-12H2,1H3,(H,22,24)(H,25,26). The Morgan fingerprint density at radius 2 is 1.96 bits per heavy atom. The van der Waals surface area contributed by atoms with Gasteiger partial charge < -0.3 is 24.8 Å². The highest BCUT2D eigenvalue weighted by atomic mass is 79.9. The molecule has 0 aliphatic carbocycles. The molecule has 1 saturated heterocycles. The lowest BCUT2D eigenvalue weighted by atomic mass is 10.1. The minimum Gasteiger partial charge on any atom is -0.478 e. The summed E-state index contributed by atoms with van der Waals surface area (Å²) in [6.45, 7) is 2.09. The second-order valence-corrected chi connectivity index (χ2v) is 7.36. The highest BCUT2D eigenvalue weighted by Crippen LogP contribution is 2.25. The number of anilines is 2. The van der Waals surface area contributed by atoms with Gasteiger partial charge in [0.2, 0.25) is 0 Å². The van der Waals surface area contributed by atoms with Crippen molar-refractivity contribution >= 4 is 39.2 Å². The molecule has 7 nitrogen and oxygen atoms in total. The maximum Gasteiger partial charge on any atom is 0.337 e. The lowest BCUT2D eigenvalue weighted by Gasteiger charge is -2.29. The summed E-state index contributed by atoms with van der Waals surface area (Å²) in [4.78, 5) is 26.0. The maximum absolute atomic E-state index is 12.4. The SMILES string of the molecule is CN(CC1COCCO1)c1ccc(NC(=O)c2ccc(Br)cc2)cc1C(=O)O. The van der Waals surface area contributed by atoms with Crippen LogP contribution in [0.4, 0.5) is 11.4 Å². The summed E-state index contributed by atoms with van der Waals surface area (Å²) in [6.07, 6.45) is -0.114. The number of amides is 1. The largest absolute Gasteiger partial charge is 0.478 e. The number of nitrogens with one attached hydrogen (secondary N) is 1. The van der Waals surface area contributed by atoms with E-state index in [1.807, 2.05) is 4.90 Å². The lowest BCUT2D eigenvalue weighted by Crippen LogP contribution is -2.38. The molecule has 28 heavy (non-hydrogen) atoms. The van der Waals surface area contributed by atoms with Crippen LogP contribution in [0.3, 0.4) is 0 Å². The van der Waals surface area contributed by atoms with Crippen LogP contribution in [0.5, 0.6) is 0 Å². The molecule has 0 bridgehead atoms. The number of carbonyl (C=O) groups is 2. The Balaban J connectivity index is 1.75. The molecule has 0 aromatic heterocycles. The number of carboxylic acid groups (broad SMARTS) is 1. The molecule has 1 amide bonds. The summed E-state index contributed by atoms with van der Waals surface area (Å²) in [5, 5.41) is 12.4. The molecule has 148 valence electrons. The van der Waals surface area contributed by atoms with Crippen LogP contribution in [0, 0.1) is 0 Å². The fraction of sp³-hybridized carbons (Fsp3) is 0.300. The van der Waals surface area contributed by atoms with E-state index in [0.717, 1.165) is 4.47 Å². The number of halogens is 1. The van der Waals surface area contributed by atoms with Crippen LogP contribution < -0.4 is 10.2 Å². The normalized spacial score (nSPS) is 16.4. The number of carbonyl (C=O) groups excluding carboxylic acids is 1. The van der Waals surface area contributed by atoms with E-state index in [0.29, 0.717) is 43.3 Å². The van der Waals surface area contributed by atoms with E-state index in [1.165, 1.54) is 6.07 Å². The van der Waals surface area contributed by atoms with Crippen molar-refractivity contribution in [1.29, 1.82) is 0 Å². The summed E-state index contributed by atoms with van der Waals surface area (Å²) < 4.78 is 11.9. The minimum absolute atomic E-state index is 0.104. The number of hydrogen-bond donors (Lipinski definition) is 2. The first-order valence-corrected chi connectivity index (χ1v) is 9.58. The molecular formula is C20H21BrN2O5. The van der Waals surface area contributed by atoms with Crippen LogP contribution in [0.1, 0.15) is 20.7 Å². The van der Waals surface area contributed by atoms with Crippen molar-refractivity contribution in [3.05, 3.63) is 58.1 Å². The number of likely N-dealkylation sites (N-methyl/N-ethyl adjacent to an activating group) is 1. The van der Waals surface area contributed by atoms with Gasteiger partial charge in [-0.05, 0) is 42.5 Å². The molecule has 0 saturated carbocycles. The molecule has 8 heteroatoms. The molecule has 1 fully saturated rings. The second kappa shape index (κ2) is 9.18. The zero-order valence-electron chi connectivity index (χ0n) is 15.4. The van der Waals surface area contributed by atoms with Crippen LogP contribution in [-0.4, -0.2) is 56.5 Å². The highest BCUT2D eigenvalue weighted by molar-refractivity contribution is 9.10. The van der Waals surface area contributed by atoms with E-state index in [2.05, 4.69) is 21.2 Å². The Labute approximate surface area is 171 Å². The summed E-state index contributed by atoms with van der Waals surface area (Å²) in [7, 11) is 1.81. The summed E-state index contributed by atoms with van der Waals surface area (Å²) in [5.74, 6) is -1.37. The Morgan fingerprint density at radius 1 is 1.21 bits per heavy atom. The number of hydrogen-bond acceptors (Lipinski definition) is 5. The van der Waals surface area contributed by atoms with Gasteiger partial charge in [0.25, 0.3) is 5.91 Å². The van der Waals surface area contributed by atoms with E-state index in [1.54, 1.807) is 43.4 Å². The number of benzene rings is 2. The molecule has 1 atom stereocenters. The molecule has 3 rings (SSSR count). The van der Waals surface area contributed by atoms with Gasteiger partial charge in [0.1, 0.15) is 0 Å². The van der Waals surface area contributed by atoms with Crippen LogP contribution in [0.15, 0.2) is 46.9 Å². The molecular weight excluding hydrogens is 428 g/mol. The van der Waals surface area contributed by atoms with Crippen molar-refractivity contribution in [2.75, 3.05) is 43.6 Å². The van der Waals surface area contributed by atoms with Gasteiger partial charge in [-0.15, -0.1) is 0 Å². The topological polar surface area (TPSA) is 88.1 Å². The Morgan fingerprint density at radius 3 is 2.61 bits per heavy atom. The molecule has 1 heterocycles. The zero-order valence-corrected chi connectivity index (χ0v) is 16.9. The molecule has 1 aliphatic rings. The van der Waals surface area contributed by atoms with Crippen LogP contribution >= 0.6 is 15.9 Å². The van der Waals surface area contributed by atoms with Gasteiger partial charge >= 0.3 is 5.97 Å². The maximum atomic E-state index is 12.4. The lowest BCUT2D eigenvalue weighted by molar-refractivity contribution is -0.0837. The number of aromatic carboxylic acids is 1. The van der Waals surface area contributed by atoms with Crippen molar-refractivity contribution in [2.45, 2.75) is 6.10 Å². The highest BCUT2D eigenvalue weighted by Gasteiger charge is 2.20. The number of carboxylic acids is 1. The van der Waals surface area contributed by atoms with Gasteiger partial charge in [0.05, 0.1) is 37.2 Å². The van der Waals surface area contributed by atoms with Crippen molar-refractivity contribution in [3.8, 4) is 0 Å². The van der Waals surface area contributed by atoms with Crippen molar-refractivity contribution in [2.24, 2.45) is 0 Å². The average molecular weight is 449 g/mol. The molecule has 1 unspecified atom stereocenters. The quantitative estimate of drug-likeness (QED) is 0.704. The van der Waals surface area contributed by atoms with Gasteiger partial charge in [-0.3, -0.25) is 4.79 Å². The van der Waals surface area contributed by atoms with Gasteiger partial charge in [0, 0.05) is 29.3 Å². The number of nitrogens with zero attached hydrogens (tertiary/aromatic N) is 1. The predicted molar refractivity (Wildman–Crippen MR) is 109 cm³/mol. The van der Waals surface area contributed by atoms with Crippen LogP contribution in [0.25, 0.3) is 0 Å². The van der Waals surface area contributed by atoms with Gasteiger partial charge in [-0.2, -0.15) is 0 Å². The van der Waals surface area contributed by atoms with Crippen LogP contribution in [-0.2, 0) is 9.47 Å². The van der Waals surface area contributed by atoms with Gasteiger partial charge in [-0.1, -0.05) is 15.9 Å². The second-order valence-electron chi connectivity index (χ2n) is 6.45. The minimum atomic E-state index is -1.07. The summed E-state index contributed by atoms with van der Waals surface area (Å²) >= 11 is 3.33. The summed E-state index contributed by atoms with van der Waals surface area (Å²) in [6, 6.07) is 11.7. The van der Waals surface area contributed by atoms with Crippen molar-refractivity contribution < 1.29 is 24.2 Å². The van der Waals surface area contributed by atoms with Gasteiger partial charge in [0.15, 0.2) is 0 Å². The van der Waals surface area contributed by atoms with Crippen LogP contribution in [0.2, 0.25) is 0 Å². The molecule has 2 aromatic rings. The predicted octanol–water partition coefficient (Wildman–Crippen LogP) is 3.25. The average Bonchev–Trinajstić information content (AvgIpc) is 2.69. The van der Waals surface area contributed by atoms with E-state index in [4.69, 9.17) is 9.47 Å². The van der Waals surface area contributed by atoms with E-state index < -0.39 is 5.97 Å². The first kappa shape index (κ1) is 20.3. The third kappa shape index (κ3) is 5.09. The van der Waals surface area contributed by atoms with E-state index in [-0.39, 0.29) is 17.6 Å². The van der Waals surface area contributed by atoms with Crippen molar-refractivity contribution in [3.63, 3.8) is 0 Å². The van der Waals surface area contributed by atoms with E-state index in [9.17, 15) is 14.7 Å². The summed E-state index contributed by atoms with van der Waals surface area (Å²) in [5.41, 5.74) is 1.55. The number of ether oxygens (including phenoxy) is 2. The third-order valence-electron chi connectivity index (χ3n) is 4.36. The first-order valence-electron chi connectivity index (χ1n) is 8.79. The van der Waals surface area contributed by atoms with Gasteiger partial charge in [-0.25, -0.2) is 4.79 Å². The first-order chi connectivity index (χ1) is 13.4. The molecule has 1 aliphatic heterocycles. The Hall–Kier alpha value is -2.42. The Kier molecular flexibility index (Phi) is 6.66. The molecule has 0 spiro atoms. The fourth-order valence-electron chi connectivity index (χ4n) is 2.97. The smallest absolute Gasteiger partial charge is 0.337 e. The molecule has 2 N–H and O–H groups in total. The third-order valence-corrected chi connectivity index (χ3v) is 4.89. The molecule has 0 radical (unpaired) electrons.